The van der Waals surface area contributed by atoms with Crippen LogP contribution in [0.1, 0.15) is 38.9 Å². The van der Waals surface area contributed by atoms with Crippen LogP contribution in [0, 0.1) is 13.8 Å². The van der Waals surface area contributed by atoms with Crippen molar-refractivity contribution in [2.45, 2.75) is 19.9 Å². The summed E-state index contributed by atoms with van der Waals surface area (Å²) in [5.74, 6) is -0.172. The Hall–Kier alpha value is -2.99. The summed E-state index contributed by atoms with van der Waals surface area (Å²) in [7, 11) is 1.58. The van der Waals surface area contributed by atoms with Gasteiger partial charge in [0, 0.05) is 26.0 Å². The van der Waals surface area contributed by atoms with Crippen LogP contribution in [0.15, 0.2) is 45.9 Å². The topological polar surface area (TPSA) is 72.6 Å². The molecule has 0 radical (unpaired) electrons. The van der Waals surface area contributed by atoms with Crippen molar-refractivity contribution in [1.29, 1.82) is 0 Å². The average Bonchev–Trinajstić information content (AvgIpc) is 2.95. The van der Waals surface area contributed by atoms with Crippen LogP contribution >= 0.6 is 0 Å². The number of methoxy groups -OCH3 is 1. The lowest BCUT2D eigenvalue weighted by Gasteiger charge is -2.24. The third-order valence-electron chi connectivity index (χ3n) is 5.14. The smallest absolute Gasteiger partial charge is 0.290 e. The largest absolute Gasteiger partial charge is 0.450 e. The molecular formula is C21H20N2O4. The quantitative estimate of drug-likeness (QED) is 0.712. The van der Waals surface area contributed by atoms with E-state index in [1.165, 1.54) is 0 Å². The summed E-state index contributed by atoms with van der Waals surface area (Å²) in [5.41, 5.74) is 3.51. The minimum absolute atomic E-state index is 0.119. The molecule has 0 bridgehead atoms. The van der Waals surface area contributed by atoms with E-state index in [0.717, 1.165) is 16.7 Å². The predicted octanol–water partition coefficient (Wildman–Crippen LogP) is 3.00. The SMILES string of the molecule is COCCN1C(=O)c2oc3cc(C)c(C)cc3c(=O)c2C1c1ccncc1. The molecule has 0 fully saturated rings. The maximum Gasteiger partial charge on any atom is 0.290 e. The molecule has 3 heterocycles. The Balaban J connectivity index is 1.99. The summed E-state index contributed by atoms with van der Waals surface area (Å²) < 4.78 is 11.1. The van der Waals surface area contributed by atoms with Crippen LogP contribution in [0.3, 0.4) is 0 Å². The highest BCUT2D eigenvalue weighted by Crippen LogP contribution is 2.37. The number of hydrogen-bond donors (Lipinski definition) is 0. The molecular weight excluding hydrogens is 344 g/mol. The van der Waals surface area contributed by atoms with Crippen molar-refractivity contribution in [2.75, 3.05) is 20.3 Å². The number of carbonyl (C=O) groups is 1. The lowest BCUT2D eigenvalue weighted by Crippen LogP contribution is -2.32. The lowest BCUT2D eigenvalue weighted by atomic mass is 9.98. The highest BCUT2D eigenvalue weighted by molar-refractivity contribution is 5.99. The summed E-state index contributed by atoms with van der Waals surface area (Å²) in [5, 5.41) is 0.497. The molecule has 1 aromatic carbocycles. The molecule has 3 aromatic rings. The molecule has 1 atom stereocenters. The van der Waals surface area contributed by atoms with E-state index in [4.69, 9.17) is 9.15 Å². The fourth-order valence-electron chi connectivity index (χ4n) is 3.59. The Bertz CT molecular complexity index is 1090. The number of hydrogen-bond acceptors (Lipinski definition) is 5. The number of nitrogens with zero attached hydrogens (tertiary/aromatic N) is 2. The molecule has 138 valence electrons. The first-order valence-corrected chi connectivity index (χ1v) is 8.80. The Morgan fingerprint density at radius 2 is 1.85 bits per heavy atom. The minimum atomic E-state index is -0.507. The molecule has 0 aliphatic carbocycles. The van der Waals surface area contributed by atoms with Gasteiger partial charge >= 0.3 is 0 Å². The van der Waals surface area contributed by atoms with Crippen LogP contribution in [0.25, 0.3) is 11.0 Å². The fraction of sp³-hybridized carbons (Fsp3) is 0.286. The molecule has 2 aromatic heterocycles. The number of pyridine rings is 1. The van der Waals surface area contributed by atoms with Crippen LogP contribution in [0.4, 0.5) is 0 Å². The molecule has 4 rings (SSSR count). The summed E-state index contributed by atoms with van der Waals surface area (Å²) in [6, 6.07) is 6.78. The van der Waals surface area contributed by atoms with Gasteiger partial charge < -0.3 is 14.1 Å². The van der Waals surface area contributed by atoms with Crippen molar-refractivity contribution in [1.82, 2.24) is 9.88 Å². The Kier molecular flexibility index (Phi) is 4.28. The van der Waals surface area contributed by atoms with Crippen LogP contribution < -0.4 is 5.43 Å². The van der Waals surface area contributed by atoms with E-state index in [1.807, 2.05) is 38.1 Å². The van der Waals surface area contributed by atoms with E-state index in [9.17, 15) is 9.59 Å². The molecule has 1 unspecified atom stereocenters. The van der Waals surface area contributed by atoms with E-state index in [2.05, 4.69) is 4.98 Å². The molecule has 0 spiro atoms. The van der Waals surface area contributed by atoms with Crippen LogP contribution in [-0.4, -0.2) is 36.1 Å². The number of benzene rings is 1. The van der Waals surface area contributed by atoms with Crippen molar-refractivity contribution < 1.29 is 13.9 Å². The van der Waals surface area contributed by atoms with Gasteiger partial charge in [0.2, 0.25) is 5.76 Å². The van der Waals surface area contributed by atoms with Gasteiger partial charge in [0.25, 0.3) is 5.91 Å². The lowest BCUT2D eigenvalue weighted by molar-refractivity contribution is 0.0663. The Morgan fingerprint density at radius 3 is 2.56 bits per heavy atom. The average molecular weight is 364 g/mol. The van der Waals surface area contributed by atoms with Gasteiger partial charge in [-0.2, -0.15) is 0 Å². The molecule has 0 saturated carbocycles. The number of rotatable bonds is 4. The minimum Gasteiger partial charge on any atom is -0.450 e. The van der Waals surface area contributed by atoms with Gasteiger partial charge in [-0.25, -0.2) is 0 Å². The van der Waals surface area contributed by atoms with E-state index in [-0.39, 0.29) is 17.1 Å². The first kappa shape index (κ1) is 17.4. The normalized spacial score (nSPS) is 16.2. The fourth-order valence-corrected chi connectivity index (χ4v) is 3.59. The van der Waals surface area contributed by atoms with Gasteiger partial charge in [-0.3, -0.25) is 14.6 Å². The number of fused-ring (bicyclic) bond motifs is 2. The third kappa shape index (κ3) is 2.73. The number of carbonyl (C=O) groups excluding carboxylic acids is 1. The van der Waals surface area contributed by atoms with Gasteiger partial charge in [-0.05, 0) is 54.8 Å². The zero-order chi connectivity index (χ0) is 19.1. The maximum atomic E-state index is 13.3. The third-order valence-corrected chi connectivity index (χ3v) is 5.14. The predicted molar refractivity (Wildman–Crippen MR) is 101 cm³/mol. The zero-order valence-corrected chi connectivity index (χ0v) is 15.5. The van der Waals surface area contributed by atoms with Gasteiger partial charge in [0.05, 0.1) is 23.6 Å². The molecule has 1 aliphatic rings. The van der Waals surface area contributed by atoms with E-state index in [0.29, 0.717) is 29.7 Å². The summed E-state index contributed by atoms with van der Waals surface area (Å²) >= 11 is 0. The van der Waals surface area contributed by atoms with Gasteiger partial charge in [0.15, 0.2) is 5.43 Å². The van der Waals surface area contributed by atoms with Crippen molar-refractivity contribution in [3.8, 4) is 0 Å². The van der Waals surface area contributed by atoms with Crippen molar-refractivity contribution in [3.63, 3.8) is 0 Å². The van der Waals surface area contributed by atoms with E-state index >= 15 is 0 Å². The second kappa shape index (κ2) is 6.63. The van der Waals surface area contributed by atoms with Gasteiger partial charge in [-0.15, -0.1) is 0 Å². The second-order valence-electron chi connectivity index (χ2n) is 6.78. The number of aryl methyl sites for hydroxylation is 2. The molecule has 0 N–H and O–H groups in total. The number of ether oxygens (including phenoxy) is 1. The molecule has 6 nitrogen and oxygen atoms in total. The van der Waals surface area contributed by atoms with E-state index < -0.39 is 6.04 Å². The molecule has 1 aliphatic heterocycles. The molecule has 1 amide bonds. The van der Waals surface area contributed by atoms with Gasteiger partial charge in [0.1, 0.15) is 5.58 Å². The zero-order valence-electron chi connectivity index (χ0n) is 15.5. The highest BCUT2D eigenvalue weighted by atomic mass is 16.5. The van der Waals surface area contributed by atoms with Crippen LogP contribution in [-0.2, 0) is 4.74 Å². The molecule has 0 saturated heterocycles. The van der Waals surface area contributed by atoms with Crippen molar-refractivity contribution in [2.24, 2.45) is 0 Å². The number of amides is 1. The highest BCUT2D eigenvalue weighted by Gasteiger charge is 2.42. The molecule has 6 heteroatoms. The monoisotopic (exact) mass is 364 g/mol. The van der Waals surface area contributed by atoms with E-state index in [1.54, 1.807) is 24.4 Å². The standard InChI is InChI=1S/C21H20N2O4/c1-12-10-15-16(11-13(12)2)27-20-17(19(15)24)18(14-4-6-22-7-5-14)23(21(20)25)8-9-26-3/h4-7,10-11,18H,8-9H2,1-3H3. The number of aromatic nitrogens is 1. The first-order chi connectivity index (χ1) is 13.0. The van der Waals surface area contributed by atoms with Crippen LogP contribution in [0.2, 0.25) is 0 Å². The first-order valence-electron chi connectivity index (χ1n) is 8.80. The van der Waals surface area contributed by atoms with Crippen molar-refractivity contribution >= 4 is 16.9 Å². The summed E-state index contributed by atoms with van der Waals surface area (Å²) in [4.78, 5) is 32.1. The second-order valence-corrected chi connectivity index (χ2v) is 6.78. The Morgan fingerprint density at radius 1 is 1.15 bits per heavy atom. The van der Waals surface area contributed by atoms with Gasteiger partial charge in [-0.1, -0.05) is 0 Å². The van der Waals surface area contributed by atoms with Crippen LogP contribution in [0.5, 0.6) is 0 Å². The van der Waals surface area contributed by atoms with Crippen molar-refractivity contribution in [3.05, 3.63) is 74.9 Å². The summed E-state index contributed by atoms with van der Waals surface area (Å²) in [6.07, 6.45) is 3.31. The maximum absolute atomic E-state index is 13.3. The summed E-state index contributed by atoms with van der Waals surface area (Å²) in [6.45, 7) is 4.64. The molecule has 27 heavy (non-hydrogen) atoms. The Labute approximate surface area is 156 Å².